The zero-order chi connectivity index (χ0) is 22.8. The molecule has 0 bridgehead atoms. The molecule has 1 saturated carbocycles. The molecule has 1 N–H and O–H groups in total. The normalized spacial score (nSPS) is 27.1. The molecule has 2 heterocycles. The van der Waals surface area contributed by atoms with Crippen LogP contribution in [0.4, 0.5) is 5.69 Å². The Bertz CT molecular complexity index is 830. The van der Waals surface area contributed by atoms with Crippen molar-refractivity contribution < 1.29 is 14.4 Å². The average molecular weight is 506 g/mol. The van der Waals surface area contributed by atoms with Crippen LogP contribution in [0.25, 0.3) is 0 Å². The number of anilines is 1. The monoisotopic (exact) mass is 505 g/mol. The van der Waals surface area contributed by atoms with Crippen LogP contribution in [0.15, 0.2) is 22.7 Å². The molecule has 2 aliphatic heterocycles. The molecule has 6 nitrogen and oxygen atoms in total. The van der Waals surface area contributed by atoms with Crippen molar-refractivity contribution in [2.75, 3.05) is 25.1 Å². The summed E-state index contributed by atoms with van der Waals surface area (Å²) in [5.74, 6) is 0.989. The quantitative estimate of drug-likeness (QED) is 0.572. The molecule has 1 aromatic carbocycles. The summed E-state index contributed by atoms with van der Waals surface area (Å²) < 4.78 is 0.926. The van der Waals surface area contributed by atoms with Crippen LogP contribution in [0.3, 0.4) is 0 Å². The van der Waals surface area contributed by atoms with Gasteiger partial charge < -0.3 is 9.80 Å². The third-order valence-corrected chi connectivity index (χ3v) is 8.32. The highest BCUT2D eigenvalue weighted by Crippen LogP contribution is 2.43. The average Bonchev–Trinajstić information content (AvgIpc) is 3.05. The second kappa shape index (κ2) is 10.2. The van der Waals surface area contributed by atoms with Gasteiger partial charge >= 0.3 is 0 Å². The van der Waals surface area contributed by atoms with Crippen molar-refractivity contribution in [1.82, 2.24) is 10.4 Å². The highest BCUT2D eigenvalue weighted by atomic mass is 79.9. The molecule has 1 unspecified atom stereocenters. The Balaban J connectivity index is 1.42. The summed E-state index contributed by atoms with van der Waals surface area (Å²) in [6, 6.07) is 6.89. The Hall–Kier alpha value is -1.44. The Morgan fingerprint density at radius 1 is 1.12 bits per heavy atom. The SMILES string of the molecule is CONC(=O)CC1C(=O)N(C2CCN(C3CCC(C(C)C)CC3)CC2)c2ccc(Br)cc21. The molecule has 2 amide bonds. The fourth-order valence-electron chi connectivity index (χ4n) is 6.00. The molecule has 0 aromatic heterocycles. The van der Waals surface area contributed by atoms with E-state index in [1.165, 1.54) is 32.8 Å². The van der Waals surface area contributed by atoms with Gasteiger partial charge in [0.25, 0.3) is 0 Å². The number of halogens is 1. The molecule has 7 heteroatoms. The Morgan fingerprint density at radius 3 is 2.44 bits per heavy atom. The molecular formula is C25H36BrN3O3. The molecule has 3 aliphatic rings. The van der Waals surface area contributed by atoms with Gasteiger partial charge in [-0.1, -0.05) is 29.8 Å². The number of benzene rings is 1. The molecule has 1 saturated heterocycles. The second-order valence-corrected chi connectivity index (χ2v) is 10.9. The van der Waals surface area contributed by atoms with Crippen LogP contribution in [0.2, 0.25) is 0 Å². The van der Waals surface area contributed by atoms with Crippen molar-refractivity contribution in [3.8, 4) is 0 Å². The highest BCUT2D eigenvalue weighted by Gasteiger charge is 2.43. The van der Waals surface area contributed by atoms with Crippen LogP contribution >= 0.6 is 15.9 Å². The van der Waals surface area contributed by atoms with Crippen LogP contribution in [-0.2, 0) is 14.4 Å². The lowest BCUT2D eigenvalue weighted by atomic mass is 9.79. The van der Waals surface area contributed by atoms with Crippen LogP contribution in [-0.4, -0.2) is 49.0 Å². The standard InChI is InChI=1S/C25H36BrN3O3/c1-16(2)17-4-7-19(8-5-17)28-12-10-20(11-13-28)29-23-9-6-18(26)14-21(23)22(25(29)31)15-24(30)27-32-3/h6,9,14,16-17,19-20,22H,4-5,7-8,10-13,15H2,1-3H3,(H,27,30). The topological polar surface area (TPSA) is 61.9 Å². The van der Waals surface area contributed by atoms with Gasteiger partial charge in [0, 0.05) is 41.8 Å². The number of hydrogen-bond acceptors (Lipinski definition) is 4. The summed E-state index contributed by atoms with van der Waals surface area (Å²) in [4.78, 5) is 35.1. The molecule has 0 radical (unpaired) electrons. The number of piperidine rings is 1. The minimum atomic E-state index is -0.456. The van der Waals surface area contributed by atoms with E-state index in [-0.39, 0.29) is 24.3 Å². The van der Waals surface area contributed by atoms with Gasteiger partial charge in [-0.3, -0.25) is 14.4 Å². The first-order valence-electron chi connectivity index (χ1n) is 12.1. The minimum Gasteiger partial charge on any atom is -0.308 e. The number of amides is 2. The van der Waals surface area contributed by atoms with E-state index in [4.69, 9.17) is 4.84 Å². The number of rotatable bonds is 6. The molecule has 0 spiro atoms. The Labute approximate surface area is 200 Å². The van der Waals surface area contributed by atoms with E-state index >= 15 is 0 Å². The first kappa shape index (κ1) is 23.7. The lowest BCUT2D eigenvalue weighted by Crippen LogP contribution is -2.50. The van der Waals surface area contributed by atoms with Gasteiger partial charge in [-0.25, -0.2) is 5.48 Å². The maximum absolute atomic E-state index is 13.5. The van der Waals surface area contributed by atoms with Crippen molar-refractivity contribution in [1.29, 1.82) is 0 Å². The van der Waals surface area contributed by atoms with Crippen LogP contribution in [0, 0.1) is 11.8 Å². The van der Waals surface area contributed by atoms with Gasteiger partial charge in [-0.2, -0.15) is 0 Å². The molecule has 1 atom stereocenters. The molecule has 176 valence electrons. The molecule has 1 aliphatic carbocycles. The zero-order valence-corrected chi connectivity index (χ0v) is 21.1. The second-order valence-electron chi connectivity index (χ2n) is 9.98. The fraction of sp³-hybridized carbons (Fsp3) is 0.680. The summed E-state index contributed by atoms with van der Waals surface area (Å²) >= 11 is 3.53. The largest absolute Gasteiger partial charge is 0.308 e. The van der Waals surface area contributed by atoms with Gasteiger partial charge in [-0.05, 0) is 74.1 Å². The Morgan fingerprint density at radius 2 is 1.81 bits per heavy atom. The number of carbonyl (C=O) groups excluding carboxylic acids is 2. The van der Waals surface area contributed by atoms with Crippen LogP contribution in [0.5, 0.6) is 0 Å². The number of nitrogens with zero attached hydrogens (tertiary/aromatic N) is 2. The number of hydroxylamine groups is 1. The lowest BCUT2D eigenvalue weighted by molar-refractivity contribution is -0.133. The Kier molecular flexibility index (Phi) is 7.58. The summed E-state index contributed by atoms with van der Waals surface area (Å²) in [5, 5.41) is 0. The van der Waals surface area contributed by atoms with E-state index in [1.807, 2.05) is 23.1 Å². The van der Waals surface area contributed by atoms with E-state index in [0.29, 0.717) is 6.04 Å². The smallest absolute Gasteiger partial charge is 0.244 e. The number of fused-ring (bicyclic) bond motifs is 1. The first-order chi connectivity index (χ1) is 15.4. The summed E-state index contributed by atoms with van der Waals surface area (Å²) in [5.41, 5.74) is 4.25. The van der Waals surface area contributed by atoms with E-state index in [1.54, 1.807) is 0 Å². The van der Waals surface area contributed by atoms with Crippen LogP contribution < -0.4 is 10.4 Å². The van der Waals surface area contributed by atoms with Crippen molar-refractivity contribution >= 4 is 33.4 Å². The highest BCUT2D eigenvalue weighted by molar-refractivity contribution is 9.10. The summed E-state index contributed by atoms with van der Waals surface area (Å²) in [6.07, 6.45) is 7.39. The molecule has 1 aromatic rings. The van der Waals surface area contributed by atoms with E-state index in [9.17, 15) is 9.59 Å². The summed E-state index contributed by atoms with van der Waals surface area (Å²) in [7, 11) is 1.41. The molecular weight excluding hydrogens is 470 g/mol. The van der Waals surface area contributed by atoms with Gasteiger partial charge in [0.2, 0.25) is 11.8 Å². The van der Waals surface area contributed by atoms with E-state index in [2.05, 4.69) is 40.2 Å². The third kappa shape index (κ3) is 4.90. The minimum absolute atomic E-state index is 0.0419. The van der Waals surface area contributed by atoms with Crippen LogP contribution in [0.1, 0.15) is 70.3 Å². The van der Waals surface area contributed by atoms with E-state index < -0.39 is 5.92 Å². The number of hydrogen-bond donors (Lipinski definition) is 1. The summed E-state index contributed by atoms with van der Waals surface area (Å²) in [6.45, 7) is 6.80. The maximum atomic E-state index is 13.5. The van der Waals surface area contributed by atoms with Gasteiger partial charge in [0.1, 0.15) is 0 Å². The van der Waals surface area contributed by atoms with Crippen molar-refractivity contribution in [3.63, 3.8) is 0 Å². The molecule has 4 rings (SSSR count). The maximum Gasteiger partial charge on any atom is 0.244 e. The number of carbonyl (C=O) groups is 2. The molecule has 2 fully saturated rings. The third-order valence-electron chi connectivity index (χ3n) is 7.83. The van der Waals surface area contributed by atoms with E-state index in [0.717, 1.165) is 53.5 Å². The molecule has 32 heavy (non-hydrogen) atoms. The number of nitrogens with one attached hydrogen (secondary N) is 1. The predicted molar refractivity (Wildman–Crippen MR) is 129 cm³/mol. The van der Waals surface area contributed by atoms with Gasteiger partial charge in [0.05, 0.1) is 13.0 Å². The first-order valence-corrected chi connectivity index (χ1v) is 12.9. The fourth-order valence-corrected chi connectivity index (χ4v) is 6.38. The van der Waals surface area contributed by atoms with Crippen molar-refractivity contribution in [2.45, 2.75) is 76.8 Å². The van der Waals surface area contributed by atoms with Crippen molar-refractivity contribution in [3.05, 3.63) is 28.2 Å². The van der Waals surface area contributed by atoms with Crippen molar-refractivity contribution in [2.24, 2.45) is 11.8 Å². The number of likely N-dealkylation sites (tertiary alicyclic amines) is 1. The zero-order valence-electron chi connectivity index (χ0n) is 19.5. The lowest BCUT2D eigenvalue weighted by Gasteiger charge is -2.43. The van der Waals surface area contributed by atoms with Gasteiger partial charge in [0.15, 0.2) is 0 Å². The predicted octanol–water partition coefficient (Wildman–Crippen LogP) is 4.63. The van der Waals surface area contributed by atoms with Gasteiger partial charge in [-0.15, -0.1) is 0 Å².